The first-order chi connectivity index (χ1) is 9.66. The SMILES string of the molecule is Fc1ccc(C(Cl)c2ccc(Cl)cc2)c2ccccc12. The van der Waals surface area contributed by atoms with Gasteiger partial charge in [-0.15, -0.1) is 11.6 Å². The van der Waals surface area contributed by atoms with E-state index in [9.17, 15) is 4.39 Å². The van der Waals surface area contributed by atoms with E-state index in [0.29, 0.717) is 10.4 Å². The molecule has 0 spiro atoms. The molecular weight excluding hydrogens is 294 g/mol. The van der Waals surface area contributed by atoms with Crippen LogP contribution in [0.2, 0.25) is 5.02 Å². The Bertz CT molecular complexity index is 751. The molecule has 0 heterocycles. The van der Waals surface area contributed by atoms with Crippen molar-refractivity contribution in [3.63, 3.8) is 0 Å². The summed E-state index contributed by atoms with van der Waals surface area (Å²) in [5.41, 5.74) is 1.83. The van der Waals surface area contributed by atoms with Crippen LogP contribution in [0.4, 0.5) is 4.39 Å². The molecule has 20 heavy (non-hydrogen) atoms. The molecule has 0 nitrogen and oxygen atoms in total. The molecule has 0 amide bonds. The fourth-order valence-electron chi connectivity index (χ4n) is 2.32. The van der Waals surface area contributed by atoms with Crippen molar-refractivity contribution in [2.24, 2.45) is 0 Å². The van der Waals surface area contributed by atoms with Gasteiger partial charge in [-0.2, -0.15) is 0 Å². The Morgan fingerprint density at radius 3 is 2.15 bits per heavy atom. The lowest BCUT2D eigenvalue weighted by Gasteiger charge is -2.14. The first-order valence-corrected chi connectivity index (χ1v) is 7.05. The summed E-state index contributed by atoms with van der Waals surface area (Å²) >= 11 is 12.4. The Kier molecular flexibility index (Phi) is 3.64. The zero-order valence-electron chi connectivity index (χ0n) is 10.5. The number of halogens is 3. The average Bonchev–Trinajstić information content (AvgIpc) is 2.48. The van der Waals surface area contributed by atoms with Gasteiger partial charge < -0.3 is 0 Å². The lowest BCUT2D eigenvalue weighted by Crippen LogP contribution is -1.95. The Morgan fingerprint density at radius 2 is 1.45 bits per heavy atom. The van der Waals surface area contributed by atoms with Gasteiger partial charge in [-0.05, 0) is 34.7 Å². The van der Waals surface area contributed by atoms with Gasteiger partial charge in [0.05, 0.1) is 5.38 Å². The highest BCUT2D eigenvalue weighted by Crippen LogP contribution is 2.35. The summed E-state index contributed by atoms with van der Waals surface area (Å²) in [6, 6.07) is 17.9. The van der Waals surface area contributed by atoms with Gasteiger partial charge in [0.2, 0.25) is 0 Å². The van der Waals surface area contributed by atoms with Crippen molar-refractivity contribution in [1.82, 2.24) is 0 Å². The van der Waals surface area contributed by atoms with Crippen LogP contribution in [0.3, 0.4) is 0 Å². The molecule has 0 N–H and O–H groups in total. The summed E-state index contributed by atoms with van der Waals surface area (Å²) in [6.45, 7) is 0. The first-order valence-electron chi connectivity index (χ1n) is 6.23. The molecule has 0 aliphatic carbocycles. The van der Waals surface area contributed by atoms with Crippen LogP contribution in [0.25, 0.3) is 10.8 Å². The molecule has 3 aromatic rings. The van der Waals surface area contributed by atoms with Crippen molar-refractivity contribution < 1.29 is 4.39 Å². The molecule has 0 aliphatic heterocycles. The largest absolute Gasteiger partial charge is 0.206 e. The highest BCUT2D eigenvalue weighted by molar-refractivity contribution is 6.30. The minimum absolute atomic E-state index is 0.232. The molecule has 100 valence electrons. The Hall–Kier alpha value is -1.57. The zero-order chi connectivity index (χ0) is 14.1. The van der Waals surface area contributed by atoms with Crippen LogP contribution < -0.4 is 0 Å². The lowest BCUT2D eigenvalue weighted by molar-refractivity contribution is 0.639. The Labute approximate surface area is 126 Å². The van der Waals surface area contributed by atoms with Gasteiger partial charge in [0.1, 0.15) is 5.82 Å². The molecule has 0 saturated heterocycles. The van der Waals surface area contributed by atoms with E-state index >= 15 is 0 Å². The predicted octanol–water partition coefficient (Wildman–Crippen LogP) is 5.96. The number of hydrogen-bond acceptors (Lipinski definition) is 0. The van der Waals surface area contributed by atoms with Crippen LogP contribution in [0, 0.1) is 5.82 Å². The number of benzene rings is 3. The second-order valence-electron chi connectivity index (χ2n) is 4.60. The summed E-state index contributed by atoms with van der Waals surface area (Å²) in [6.07, 6.45) is 0. The van der Waals surface area contributed by atoms with E-state index in [0.717, 1.165) is 16.5 Å². The molecule has 0 radical (unpaired) electrons. The molecule has 1 unspecified atom stereocenters. The van der Waals surface area contributed by atoms with Crippen molar-refractivity contribution in [1.29, 1.82) is 0 Å². The van der Waals surface area contributed by atoms with Gasteiger partial charge in [-0.3, -0.25) is 0 Å². The topological polar surface area (TPSA) is 0 Å². The van der Waals surface area contributed by atoms with E-state index in [1.54, 1.807) is 24.3 Å². The lowest BCUT2D eigenvalue weighted by atomic mass is 9.98. The molecule has 0 saturated carbocycles. The third-order valence-electron chi connectivity index (χ3n) is 3.34. The van der Waals surface area contributed by atoms with Crippen LogP contribution >= 0.6 is 23.2 Å². The molecule has 3 rings (SSSR count). The maximum absolute atomic E-state index is 13.8. The third kappa shape index (κ3) is 2.39. The highest BCUT2D eigenvalue weighted by Gasteiger charge is 2.15. The van der Waals surface area contributed by atoms with Crippen molar-refractivity contribution in [3.05, 3.63) is 82.6 Å². The second-order valence-corrected chi connectivity index (χ2v) is 5.47. The first kappa shape index (κ1) is 13.4. The van der Waals surface area contributed by atoms with Crippen LogP contribution in [-0.4, -0.2) is 0 Å². The van der Waals surface area contributed by atoms with Gasteiger partial charge in [0.15, 0.2) is 0 Å². The number of alkyl halides is 1. The van der Waals surface area contributed by atoms with Crippen LogP contribution in [0.5, 0.6) is 0 Å². The Morgan fingerprint density at radius 1 is 0.800 bits per heavy atom. The molecule has 3 heteroatoms. The normalized spacial score (nSPS) is 12.6. The molecular formula is C17H11Cl2F. The summed E-state index contributed by atoms with van der Waals surface area (Å²) in [5, 5.41) is 1.76. The zero-order valence-corrected chi connectivity index (χ0v) is 12.0. The van der Waals surface area contributed by atoms with Gasteiger partial charge in [-0.25, -0.2) is 4.39 Å². The average molecular weight is 305 g/mol. The monoisotopic (exact) mass is 304 g/mol. The molecule has 0 bridgehead atoms. The molecule has 0 fully saturated rings. The van der Waals surface area contributed by atoms with Crippen molar-refractivity contribution in [2.45, 2.75) is 5.38 Å². The molecule has 0 aromatic heterocycles. The van der Waals surface area contributed by atoms with E-state index in [1.165, 1.54) is 6.07 Å². The van der Waals surface area contributed by atoms with E-state index in [1.807, 2.05) is 30.3 Å². The van der Waals surface area contributed by atoms with Crippen LogP contribution in [0.15, 0.2) is 60.7 Å². The predicted molar refractivity (Wildman–Crippen MR) is 83.1 cm³/mol. The van der Waals surface area contributed by atoms with Crippen LogP contribution in [-0.2, 0) is 0 Å². The maximum atomic E-state index is 13.8. The van der Waals surface area contributed by atoms with E-state index in [4.69, 9.17) is 23.2 Å². The van der Waals surface area contributed by atoms with E-state index < -0.39 is 0 Å². The summed E-state index contributed by atoms with van der Waals surface area (Å²) < 4.78 is 13.8. The fourth-order valence-corrected chi connectivity index (χ4v) is 2.78. The fraction of sp³-hybridized carbons (Fsp3) is 0.0588. The third-order valence-corrected chi connectivity index (χ3v) is 4.08. The van der Waals surface area contributed by atoms with Crippen molar-refractivity contribution >= 4 is 34.0 Å². The maximum Gasteiger partial charge on any atom is 0.131 e. The van der Waals surface area contributed by atoms with E-state index in [2.05, 4.69) is 0 Å². The summed E-state index contributed by atoms with van der Waals surface area (Å²) in [4.78, 5) is 0. The van der Waals surface area contributed by atoms with Gasteiger partial charge in [-0.1, -0.05) is 54.1 Å². The Balaban J connectivity index is 2.14. The minimum Gasteiger partial charge on any atom is -0.206 e. The van der Waals surface area contributed by atoms with Gasteiger partial charge in [0, 0.05) is 10.4 Å². The summed E-state index contributed by atoms with van der Waals surface area (Å²) in [7, 11) is 0. The highest BCUT2D eigenvalue weighted by atomic mass is 35.5. The standard InChI is InChI=1S/C17H11Cl2F/c18-12-7-5-11(6-8-12)17(19)15-9-10-16(20)14-4-2-1-3-13(14)15/h1-10,17H. The van der Waals surface area contributed by atoms with Crippen molar-refractivity contribution in [2.75, 3.05) is 0 Å². The number of rotatable bonds is 2. The minimum atomic E-state index is -0.335. The number of fused-ring (bicyclic) bond motifs is 1. The quantitative estimate of drug-likeness (QED) is 0.512. The molecule has 3 aromatic carbocycles. The molecule has 1 atom stereocenters. The smallest absolute Gasteiger partial charge is 0.131 e. The van der Waals surface area contributed by atoms with E-state index in [-0.39, 0.29) is 11.2 Å². The second kappa shape index (κ2) is 5.43. The number of hydrogen-bond donors (Lipinski definition) is 0. The summed E-state index contributed by atoms with van der Waals surface area (Å²) in [5.74, 6) is -0.232. The van der Waals surface area contributed by atoms with Gasteiger partial charge in [0.25, 0.3) is 0 Å². The van der Waals surface area contributed by atoms with Crippen molar-refractivity contribution in [3.8, 4) is 0 Å². The van der Waals surface area contributed by atoms with Gasteiger partial charge >= 0.3 is 0 Å². The molecule has 0 aliphatic rings. The van der Waals surface area contributed by atoms with Crippen LogP contribution in [0.1, 0.15) is 16.5 Å².